The zero-order chi connectivity index (χ0) is 21.6. The molecule has 2 aromatic carbocycles. The maximum atomic E-state index is 13.2. The van der Waals surface area contributed by atoms with Crippen molar-refractivity contribution < 1.29 is 22.3 Å². The lowest BCUT2D eigenvalue weighted by atomic mass is 10.2. The minimum Gasteiger partial charge on any atom is -0.493 e. The van der Waals surface area contributed by atoms with Crippen molar-refractivity contribution in [2.45, 2.75) is 30.3 Å². The summed E-state index contributed by atoms with van der Waals surface area (Å²) in [7, 11) is -3.87. The molecule has 3 rings (SSSR count). The van der Waals surface area contributed by atoms with Crippen LogP contribution in [0.4, 0.5) is 4.39 Å². The molecule has 1 saturated heterocycles. The highest BCUT2D eigenvalue weighted by molar-refractivity contribution is 7.98. The number of nitrogens with zero attached hydrogens (tertiary/aromatic N) is 1. The van der Waals surface area contributed by atoms with Crippen LogP contribution in [-0.2, 0) is 21.4 Å². The van der Waals surface area contributed by atoms with Crippen LogP contribution in [0.5, 0.6) is 5.75 Å². The summed E-state index contributed by atoms with van der Waals surface area (Å²) >= 11 is 1.70. The molecule has 1 fully saturated rings. The van der Waals surface area contributed by atoms with Crippen molar-refractivity contribution >= 4 is 27.7 Å². The number of nitrogens with one attached hydrogen (secondary N) is 1. The van der Waals surface area contributed by atoms with Crippen molar-refractivity contribution in [3.63, 3.8) is 0 Å². The van der Waals surface area contributed by atoms with E-state index in [2.05, 4.69) is 5.32 Å². The predicted octanol–water partition coefficient (Wildman–Crippen LogP) is 3.04. The molecule has 9 heteroatoms. The molecular weight excluding hydrogens is 427 g/mol. The van der Waals surface area contributed by atoms with Gasteiger partial charge in [-0.1, -0.05) is 12.1 Å². The SMILES string of the molecule is CSCCOc1cccc(CNC(=O)C2CCCN2S(=O)(=O)c2ccc(F)cc2)c1. The predicted molar refractivity (Wildman–Crippen MR) is 115 cm³/mol. The zero-order valence-corrected chi connectivity index (χ0v) is 18.3. The van der Waals surface area contributed by atoms with Crippen LogP contribution in [0.2, 0.25) is 0 Å². The third kappa shape index (κ3) is 5.53. The van der Waals surface area contributed by atoms with Gasteiger partial charge in [0.1, 0.15) is 17.6 Å². The van der Waals surface area contributed by atoms with Crippen molar-refractivity contribution in [1.82, 2.24) is 9.62 Å². The van der Waals surface area contributed by atoms with Gasteiger partial charge < -0.3 is 10.1 Å². The van der Waals surface area contributed by atoms with Crippen LogP contribution in [0, 0.1) is 5.82 Å². The van der Waals surface area contributed by atoms with Crippen LogP contribution in [0.25, 0.3) is 0 Å². The molecule has 0 saturated carbocycles. The summed E-state index contributed by atoms with van der Waals surface area (Å²) in [6, 6.07) is 11.3. The molecule has 1 heterocycles. The smallest absolute Gasteiger partial charge is 0.243 e. The molecule has 0 aromatic heterocycles. The van der Waals surface area contributed by atoms with Gasteiger partial charge in [0, 0.05) is 18.8 Å². The lowest BCUT2D eigenvalue weighted by Gasteiger charge is -2.23. The van der Waals surface area contributed by atoms with Gasteiger partial charge in [0.25, 0.3) is 0 Å². The van der Waals surface area contributed by atoms with Gasteiger partial charge in [-0.2, -0.15) is 16.1 Å². The molecule has 162 valence electrons. The van der Waals surface area contributed by atoms with Crippen LogP contribution in [0.15, 0.2) is 53.4 Å². The summed E-state index contributed by atoms with van der Waals surface area (Å²) in [5.74, 6) is 0.773. The number of sulfonamides is 1. The van der Waals surface area contributed by atoms with Crippen molar-refractivity contribution in [3.8, 4) is 5.75 Å². The summed E-state index contributed by atoms with van der Waals surface area (Å²) in [5.41, 5.74) is 0.871. The summed E-state index contributed by atoms with van der Waals surface area (Å²) in [4.78, 5) is 12.7. The number of benzene rings is 2. The summed E-state index contributed by atoms with van der Waals surface area (Å²) < 4.78 is 45.8. The number of rotatable bonds is 9. The van der Waals surface area contributed by atoms with E-state index in [0.717, 1.165) is 29.2 Å². The molecule has 30 heavy (non-hydrogen) atoms. The Kier molecular flexibility index (Phi) is 7.74. The second kappa shape index (κ2) is 10.3. The van der Waals surface area contributed by atoms with Crippen molar-refractivity contribution in [1.29, 1.82) is 0 Å². The minimum absolute atomic E-state index is 0.0151. The standard InChI is InChI=1S/C21H25FN2O4S2/c1-29-13-12-28-18-5-2-4-16(14-18)15-23-21(25)20-6-3-11-24(20)30(26,27)19-9-7-17(22)8-10-19/h2,4-5,7-10,14,20H,3,6,11-13,15H2,1H3,(H,23,25). The fourth-order valence-corrected chi connectivity index (χ4v) is 5.23. The Bertz CT molecular complexity index is 967. The Labute approximate surface area is 180 Å². The lowest BCUT2D eigenvalue weighted by Crippen LogP contribution is -2.45. The molecule has 0 spiro atoms. The fraction of sp³-hybridized carbons (Fsp3) is 0.381. The van der Waals surface area contributed by atoms with E-state index in [9.17, 15) is 17.6 Å². The van der Waals surface area contributed by atoms with Crippen LogP contribution >= 0.6 is 11.8 Å². The molecule has 0 radical (unpaired) electrons. The van der Waals surface area contributed by atoms with Gasteiger partial charge in [0.15, 0.2) is 0 Å². The average molecular weight is 453 g/mol. The van der Waals surface area contributed by atoms with Gasteiger partial charge in [0.2, 0.25) is 15.9 Å². The first kappa shape index (κ1) is 22.6. The fourth-order valence-electron chi connectivity index (χ4n) is 3.33. The molecule has 1 amide bonds. The van der Waals surface area contributed by atoms with E-state index in [1.54, 1.807) is 11.8 Å². The third-order valence-corrected chi connectivity index (χ3v) is 7.35. The monoisotopic (exact) mass is 452 g/mol. The number of amides is 1. The average Bonchev–Trinajstić information content (AvgIpc) is 3.24. The number of halogens is 1. The van der Waals surface area contributed by atoms with Crippen molar-refractivity contribution in [2.75, 3.05) is 25.2 Å². The molecular formula is C21H25FN2O4S2. The van der Waals surface area contributed by atoms with E-state index in [1.165, 1.54) is 16.4 Å². The molecule has 1 atom stereocenters. The van der Waals surface area contributed by atoms with Gasteiger partial charge in [-0.3, -0.25) is 4.79 Å². The molecule has 0 aliphatic carbocycles. The second-order valence-corrected chi connectivity index (χ2v) is 9.81. The Hall–Kier alpha value is -2.10. The number of hydrogen-bond acceptors (Lipinski definition) is 5. The normalized spacial score (nSPS) is 17.1. The van der Waals surface area contributed by atoms with Crippen molar-refractivity contribution in [3.05, 3.63) is 59.9 Å². The number of carbonyl (C=O) groups is 1. The molecule has 1 N–H and O–H groups in total. The Morgan fingerprint density at radius 3 is 2.77 bits per heavy atom. The third-order valence-electron chi connectivity index (χ3n) is 4.85. The Morgan fingerprint density at radius 2 is 2.03 bits per heavy atom. The Balaban J connectivity index is 1.63. The summed E-state index contributed by atoms with van der Waals surface area (Å²) in [5, 5.41) is 2.83. The molecule has 2 aromatic rings. The first-order valence-corrected chi connectivity index (χ1v) is 12.5. The van der Waals surface area contributed by atoms with Crippen LogP contribution in [0.3, 0.4) is 0 Å². The van der Waals surface area contributed by atoms with E-state index in [0.29, 0.717) is 19.4 Å². The second-order valence-electron chi connectivity index (χ2n) is 6.93. The van der Waals surface area contributed by atoms with E-state index < -0.39 is 21.9 Å². The largest absolute Gasteiger partial charge is 0.493 e. The number of hydrogen-bond donors (Lipinski definition) is 1. The number of thioether (sulfide) groups is 1. The van der Waals surface area contributed by atoms with Gasteiger partial charge in [-0.15, -0.1) is 0 Å². The quantitative estimate of drug-likeness (QED) is 0.592. The molecule has 1 unspecified atom stereocenters. The van der Waals surface area contributed by atoms with E-state index in [4.69, 9.17) is 4.74 Å². The zero-order valence-electron chi connectivity index (χ0n) is 16.7. The molecule has 1 aliphatic rings. The van der Waals surface area contributed by atoms with Crippen molar-refractivity contribution in [2.24, 2.45) is 0 Å². The van der Waals surface area contributed by atoms with E-state index in [1.807, 2.05) is 30.5 Å². The highest BCUT2D eigenvalue weighted by Gasteiger charge is 2.39. The van der Waals surface area contributed by atoms with Crippen LogP contribution in [0.1, 0.15) is 18.4 Å². The van der Waals surface area contributed by atoms with Gasteiger partial charge in [-0.05, 0) is 61.1 Å². The number of ether oxygens (including phenoxy) is 1. The Morgan fingerprint density at radius 1 is 1.27 bits per heavy atom. The highest BCUT2D eigenvalue weighted by atomic mass is 32.2. The lowest BCUT2D eigenvalue weighted by molar-refractivity contribution is -0.124. The van der Waals surface area contributed by atoms with Gasteiger partial charge >= 0.3 is 0 Å². The van der Waals surface area contributed by atoms with Gasteiger partial charge in [-0.25, -0.2) is 12.8 Å². The summed E-state index contributed by atoms with van der Waals surface area (Å²) in [6.07, 6.45) is 3.05. The van der Waals surface area contributed by atoms with Crippen LogP contribution in [-0.4, -0.2) is 49.8 Å². The highest BCUT2D eigenvalue weighted by Crippen LogP contribution is 2.26. The summed E-state index contributed by atoms with van der Waals surface area (Å²) in [6.45, 7) is 1.14. The molecule has 1 aliphatic heterocycles. The van der Waals surface area contributed by atoms with E-state index in [-0.39, 0.29) is 23.9 Å². The number of carbonyl (C=O) groups excluding carboxylic acids is 1. The first-order valence-electron chi connectivity index (χ1n) is 9.67. The maximum absolute atomic E-state index is 13.2. The maximum Gasteiger partial charge on any atom is 0.243 e. The van der Waals surface area contributed by atoms with Gasteiger partial charge in [0.05, 0.1) is 11.5 Å². The minimum atomic E-state index is -3.87. The topological polar surface area (TPSA) is 75.7 Å². The van der Waals surface area contributed by atoms with E-state index >= 15 is 0 Å². The molecule has 6 nitrogen and oxygen atoms in total. The first-order chi connectivity index (χ1) is 14.4. The van der Waals surface area contributed by atoms with Crippen LogP contribution < -0.4 is 10.1 Å². The molecule has 0 bridgehead atoms.